The molecular formula is C23H31NO4. The van der Waals surface area contributed by atoms with Crippen LogP contribution in [0.25, 0.3) is 0 Å². The average molecular weight is 386 g/mol. The first-order valence-electron chi connectivity index (χ1n) is 9.86. The number of ether oxygens (including phenoxy) is 3. The van der Waals surface area contributed by atoms with Crippen LogP contribution in [0.1, 0.15) is 35.6 Å². The first-order valence-corrected chi connectivity index (χ1v) is 9.86. The zero-order chi connectivity index (χ0) is 20.1. The number of methoxy groups -OCH3 is 2. The molecule has 1 N–H and O–H groups in total. The molecule has 5 heteroatoms. The van der Waals surface area contributed by atoms with Gasteiger partial charge in [-0.25, -0.2) is 0 Å². The van der Waals surface area contributed by atoms with Gasteiger partial charge in [-0.2, -0.15) is 0 Å². The van der Waals surface area contributed by atoms with E-state index in [1.54, 1.807) is 14.2 Å². The van der Waals surface area contributed by atoms with Gasteiger partial charge in [0, 0.05) is 24.2 Å². The molecule has 152 valence electrons. The Bertz CT molecular complexity index is 792. The van der Waals surface area contributed by atoms with Crippen LogP contribution in [0.2, 0.25) is 0 Å². The zero-order valence-electron chi connectivity index (χ0n) is 17.3. The highest BCUT2D eigenvalue weighted by molar-refractivity contribution is 5.43. The zero-order valence-corrected chi connectivity index (χ0v) is 17.3. The fraction of sp³-hybridized carbons (Fsp3) is 0.478. The maximum Gasteiger partial charge on any atom is 0.127 e. The minimum Gasteiger partial charge on any atom is -0.497 e. The van der Waals surface area contributed by atoms with E-state index in [1.807, 2.05) is 38.1 Å². The second-order valence-electron chi connectivity index (χ2n) is 7.49. The number of β-amino-alcohol motifs (C(OH)–C–C–N with tert-alkyl or cyclic N) is 1. The highest BCUT2D eigenvalue weighted by Gasteiger charge is 2.30. The minimum atomic E-state index is -0.551. The van der Waals surface area contributed by atoms with E-state index in [-0.39, 0.29) is 12.6 Å². The number of nitrogens with zero attached hydrogens (tertiary/aromatic N) is 1. The average Bonchev–Trinajstić information content (AvgIpc) is 3.15. The summed E-state index contributed by atoms with van der Waals surface area (Å²) in [4.78, 5) is 2.32. The van der Waals surface area contributed by atoms with Crippen LogP contribution in [-0.4, -0.2) is 50.0 Å². The summed E-state index contributed by atoms with van der Waals surface area (Å²) in [6.45, 7) is 5.88. The molecule has 2 atom stereocenters. The van der Waals surface area contributed by atoms with Crippen LogP contribution in [-0.2, 0) is 0 Å². The lowest BCUT2D eigenvalue weighted by atomic mass is 10.0. The number of aryl methyl sites for hydroxylation is 2. The molecule has 1 fully saturated rings. The molecule has 1 aliphatic rings. The maximum absolute atomic E-state index is 10.6. The summed E-state index contributed by atoms with van der Waals surface area (Å²) in [6.07, 6.45) is 1.60. The van der Waals surface area contributed by atoms with Crippen LogP contribution in [0.3, 0.4) is 0 Å². The molecule has 28 heavy (non-hydrogen) atoms. The summed E-state index contributed by atoms with van der Waals surface area (Å²) in [5.74, 6) is 2.46. The third-order valence-electron chi connectivity index (χ3n) is 5.38. The Balaban J connectivity index is 1.64. The van der Waals surface area contributed by atoms with Gasteiger partial charge >= 0.3 is 0 Å². The summed E-state index contributed by atoms with van der Waals surface area (Å²) in [5.41, 5.74) is 3.38. The Morgan fingerprint density at radius 1 is 1.07 bits per heavy atom. The lowest BCUT2D eigenvalue weighted by molar-refractivity contribution is 0.0632. The molecule has 5 nitrogen and oxygen atoms in total. The molecule has 0 radical (unpaired) electrons. The van der Waals surface area contributed by atoms with E-state index in [2.05, 4.69) is 17.0 Å². The van der Waals surface area contributed by atoms with E-state index in [1.165, 1.54) is 0 Å². The largest absolute Gasteiger partial charge is 0.497 e. The SMILES string of the molecule is COc1ccc(C2CCCN2CC(O)COc2cc(C)ccc2C)c(OC)c1. The topological polar surface area (TPSA) is 51.2 Å². The van der Waals surface area contributed by atoms with Crippen molar-refractivity contribution >= 4 is 0 Å². The lowest BCUT2D eigenvalue weighted by Crippen LogP contribution is -2.35. The molecule has 1 saturated heterocycles. The van der Waals surface area contributed by atoms with Crippen molar-refractivity contribution < 1.29 is 19.3 Å². The van der Waals surface area contributed by atoms with Crippen molar-refractivity contribution in [3.05, 3.63) is 53.1 Å². The van der Waals surface area contributed by atoms with Crippen LogP contribution in [0.4, 0.5) is 0 Å². The molecule has 2 unspecified atom stereocenters. The lowest BCUT2D eigenvalue weighted by Gasteiger charge is -2.28. The summed E-state index contributed by atoms with van der Waals surface area (Å²) in [7, 11) is 3.34. The van der Waals surface area contributed by atoms with Crippen molar-refractivity contribution in [2.75, 3.05) is 33.9 Å². The number of rotatable bonds is 8. The summed E-state index contributed by atoms with van der Waals surface area (Å²) >= 11 is 0. The second kappa shape index (κ2) is 9.30. The van der Waals surface area contributed by atoms with Gasteiger partial charge in [-0.15, -0.1) is 0 Å². The van der Waals surface area contributed by atoms with E-state index in [0.717, 1.165) is 53.3 Å². The molecule has 3 rings (SSSR count). The van der Waals surface area contributed by atoms with E-state index in [0.29, 0.717) is 6.54 Å². The van der Waals surface area contributed by atoms with E-state index < -0.39 is 6.10 Å². The normalized spacial score (nSPS) is 18.1. The van der Waals surface area contributed by atoms with Crippen LogP contribution in [0.15, 0.2) is 36.4 Å². The Morgan fingerprint density at radius 2 is 1.89 bits per heavy atom. The molecule has 2 aromatic rings. The molecule has 0 saturated carbocycles. The van der Waals surface area contributed by atoms with Gasteiger partial charge in [-0.05, 0) is 56.5 Å². The fourth-order valence-corrected chi connectivity index (χ4v) is 3.86. The number of benzene rings is 2. The Kier molecular flexibility index (Phi) is 6.81. The first-order chi connectivity index (χ1) is 13.5. The fourth-order valence-electron chi connectivity index (χ4n) is 3.86. The summed E-state index contributed by atoms with van der Waals surface area (Å²) in [6, 6.07) is 12.3. The smallest absolute Gasteiger partial charge is 0.127 e. The minimum absolute atomic E-state index is 0.233. The van der Waals surface area contributed by atoms with Gasteiger partial charge in [-0.1, -0.05) is 18.2 Å². The van der Waals surface area contributed by atoms with Gasteiger partial charge in [0.15, 0.2) is 0 Å². The van der Waals surface area contributed by atoms with Crippen molar-refractivity contribution in [1.82, 2.24) is 4.90 Å². The molecule has 0 spiro atoms. The van der Waals surface area contributed by atoms with Crippen LogP contribution in [0, 0.1) is 13.8 Å². The predicted molar refractivity (Wildman–Crippen MR) is 111 cm³/mol. The molecule has 1 aliphatic heterocycles. The molecule has 1 heterocycles. The van der Waals surface area contributed by atoms with E-state index >= 15 is 0 Å². The van der Waals surface area contributed by atoms with Gasteiger partial charge in [0.05, 0.1) is 14.2 Å². The number of hydrogen-bond acceptors (Lipinski definition) is 5. The van der Waals surface area contributed by atoms with Gasteiger partial charge < -0.3 is 19.3 Å². The second-order valence-corrected chi connectivity index (χ2v) is 7.49. The number of aliphatic hydroxyl groups is 1. The monoisotopic (exact) mass is 385 g/mol. The van der Waals surface area contributed by atoms with Crippen molar-refractivity contribution in [2.45, 2.75) is 38.8 Å². The van der Waals surface area contributed by atoms with E-state index in [4.69, 9.17) is 14.2 Å². The van der Waals surface area contributed by atoms with Gasteiger partial charge in [0.25, 0.3) is 0 Å². The Labute approximate surface area is 167 Å². The van der Waals surface area contributed by atoms with Crippen molar-refractivity contribution in [3.8, 4) is 17.2 Å². The molecule has 2 aromatic carbocycles. The number of hydrogen-bond donors (Lipinski definition) is 1. The molecular weight excluding hydrogens is 354 g/mol. The van der Waals surface area contributed by atoms with E-state index in [9.17, 15) is 5.11 Å². The Morgan fingerprint density at radius 3 is 2.64 bits per heavy atom. The predicted octanol–water partition coefficient (Wildman–Crippen LogP) is 3.90. The maximum atomic E-state index is 10.6. The molecule has 0 aromatic heterocycles. The Hall–Kier alpha value is -2.24. The standard InChI is InChI=1S/C23H31NO4/c1-16-7-8-17(2)22(12-16)28-15-18(25)14-24-11-5-6-21(24)20-10-9-19(26-3)13-23(20)27-4/h7-10,12-13,18,21,25H,5-6,11,14-15H2,1-4H3. The first kappa shape index (κ1) is 20.5. The van der Waals surface area contributed by atoms with Crippen molar-refractivity contribution in [1.29, 1.82) is 0 Å². The molecule has 0 amide bonds. The quantitative estimate of drug-likeness (QED) is 0.747. The summed E-state index contributed by atoms with van der Waals surface area (Å²) in [5, 5.41) is 10.6. The number of aliphatic hydroxyl groups excluding tert-OH is 1. The van der Waals surface area contributed by atoms with Gasteiger partial charge in [-0.3, -0.25) is 4.90 Å². The summed E-state index contributed by atoms with van der Waals surface area (Å²) < 4.78 is 16.8. The van der Waals surface area contributed by atoms with Crippen LogP contribution in [0.5, 0.6) is 17.2 Å². The van der Waals surface area contributed by atoms with Crippen molar-refractivity contribution in [3.63, 3.8) is 0 Å². The molecule has 0 aliphatic carbocycles. The highest BCUT2D eigenvalue weighted by Crippen LogP contribution is 2.38. The van der Waals surface area contributed by atoms with Crippen molar-refractivity contribution in [2.24, 2.45) is 0 Å². The third-order valence-corrected chi connectivity index (χ3v) is 5.38. The van der Waals surface area contributed by atoms with Crippen LogP contribution >= 0.6 is 0 Å². The van der Waals surface area contributed by atoms with Gasteiger partial charge in [0.1, 0.15) is 30.0 Å². The third kappa shape index (κ3) is 4.78. The van der Waals surface area contributed by atoms with Gasteiger partial charge in [0.2, 0.25) is 0 Å². The van der Waals surface area contributed by atoms with Crippen LogP contribution < -0.4 is 14.2 Å². The molecule has 0 bridgehead atoms. The number of likely N-dealkylation sites (tertiary alicyclic amines) is 1. The highest BCUT2D eigenvalue weighted by atomic mass is 16.5.